The standard InChI is InChI=1S/C18H18N4O/c1-12-4-2-6-14-10-17(21-22(12)14)18(23)20-16-7-3-5-13-8-9-19-11-15(13)16/h2-7,10,19H,8-9,11H2,1H3,(H,20,23). The maximum Gasteiger partial charge on any atom is 0.276 e. The molecule has 2 aromatic heterocycles. The van der Waals surface area contributed by atoms with Gasteiger partial charge in [0, 0.05) is 17.9 Å². The summed E-state index contributed by atoms with van der Waals surface area (Å²) < 4.78 is 1.79. The molecule has 0 unspecified atom stereocenters. The number of anilines is 1. The molecule has 0 spiro atoms. The normalized spacial score (nSPS) is 13.8. The number of fused-ring (bicyclic) bond motifs is 2. The molecule has 5 heteroatoms. The molecule has 0 saturated carbocycles. The highest BCUT2D eigenvalue weighted by molar-refractivity contribution is 6.04. The lowest BCUT2D eigenvalue weighted by molar-refractivity contribution is 0.102. The highest BCUT2D eigenvalue weighted by atomic mass is 16.1. The predicted molar refractivity (Wildman–Crippen MR) is 89.7 cm³/mol. The van der Waals surface area contributed by atoms with Crippen molar-refractivity contribution in [2.75, 3.05) is 11.9 Å². The number of aryl methyl sites for hydroxylation is 1. The Morgan fingerprint density at radius 3 is 3.00 bits per heavy atom. The van der Waals surface area contributed by atoms with Crippen molar-refractivity contribution in [2.45, 2.75) is 19.9 Å². The number of hydrogen-bond donors (Lipinski definition) is 2. The van der Waals surface area contributed by atoms with Crippen molar-refractivity contribution in [1.29, 1.82) is 0 Å². The first-order valence-corrected chi connectivity index (χ1v) is 7.80. The molecule has 116 valence electrons. The minimum atomic E-state index is -0.174. The number of pyridine rings is 1. The summed E-state index contributed by atoms with van der Waals surface area (Å²) in [6, 6.07) is 13.8. The van der Waals surface area contributed by atoms with E-state index in [2.05, 4.69) is 21.8 Å². The van der Waals surface area contributed by atoms with Gasteiger partial charge < -0.3 is 10.6 Å². The molecule has 0 saturated heterocycles. The fourth-order valence-corrected chi connectivity index (χ4v) is 3.08. The molecule has 4 rings (SSSR count). The molecule has 3 heterocycles. The minimum Gasteiger partial charge on any atom is -0.320 e. The number of hydrogen-bond acceptors (Lipinski definition) is 3. The third-order valence-corrected chi connectivity index (χ3v) is 4.30. The van der Waals surface area contributed by atoms with E-state index in [1.165, 1.54) is 11.1 Å². The first kappa shape index (κ1) is 14.0. The average molecular weight is 306 g/mol. The highest BCUT2D eigenvalue weighted by Crippen LogP contribution is 2.23. The third kappa shape index (κ3) is 2.49. The molecule has 0 atom stereocenters. The first-order valence-electron chi connectivity index (χ1n) is 7.80. The Bertz CT molecular complexity index is 897. The molecular weight excluding hydrogens is 288 g/mol. The summed E-state index contributed by atoms with van der Waals surface area (Å²) >= 11 is 0. The molecule has 1 aliphatic heterocycles. The maximum absolute atomic E-state index is 12.6. The van der Waals surface area contributed by atoms with Crippen LogP contribution in [0.4, 0.5) is 5.69 Å². The van der Waals surface area contributed by atoms with Crippen LogP contribution in [0.5, 0.6) is 0 Å². The number of aromatic nitrogens is 2. The second kappa shape index (κ2) is 5.52. The topological polar surface area (TPSA) is 58.4 Å². The van der Waals surface area contributed by atoms with Gasteiger partial charge in [0.15, 0.2) is 5.69 Å². The van der Waals surface area contributed by atoms with Gasteiger partial charge in [0.2, 0.25) is 0 Å². The van der Waals surface area contributed by atoms with Crippen LogP contribution in [0.3, 0.4) is 0 Å². The van der Waals surface area contributed by atoms with Crippen molar-refractivity contribution < 1.29 is 4.79 Å². The number of nitrogens with zero attached hydrogens (tertiary/aromatic N) is 2. The summed E-state index contributed by atoms with van der Waals surface area (Å²) in [6.45, 7) is 3.74. The number of benzene rings is 1. The van der Waals surface area contributed by atoms with Crippen molar-refractivity contribution in [2.24, 2.45) is 0 Å². The van der Waals surface area contributed by atoms with Gasteiger partial charge in [-0.05, 0) is 55.3 Å². The van der Waals surface area contributed by atoms with Crippen LogP contribution in [0, 0.1) is 6.92 Å². The van der Waals surface area contributed by atoms with Crippen LogP contribution in [-0.4, -0.2) is 22.1 Å². The number of rotatable bonds is 2. The molecule has 2 N–H and O–H groups in total. The van der Waals surface area contributed by atoms with Gasteiger partial charge in [0.05, 0.1) is 5.52 Å². The van der Waals surface area contributed by atoms with E-state index in [0.29, 0.717) is 5.69 Å². The Labute approximate surface area is 134 Å². The fourth-order valence-electron chi connectivity index (χ4n) is 3.08. The zero-order valence-electron chi connectivity index (χ0n) is 13.0. The van der Waals surface area contributed by atoms with Crippen molar-refractivity contribution in [3.05, 3.63) is 65.0 Å². The van der Waals surface area contributed by atoms with Crippen molar-refractivity contribution >= 4 is 17.1 Å². The van der Waals surface area contributed by atoms with Gasteiger partial charge in [-0.25, -0.2) is 4.52 Å². The van der Waals surface area contributed by atoms with Crippen molar-refractivity contribution in [3.8, 4) is 0 Å². The molecule has 0 bridgehead atoms. The Morgan fingerprint density at radius 1 is 1.26 bits per heavy atom. The van der Waals surface area contributed by atoms with E-state index >= 15 is 0 Å². The van der Waals surface area contributed by atoms with E-state index in [-0.39, 0.29) is 5.91 Å². The molecule has 0 radical (unpaired) electrons. The van der Waals surface area contributed by atoms with E-state index in [1.54, 1.807) is 4.52 Å². The van der Waals surface area contributed by atoms with E-state index in [9.17, 15) is 4.79 Å². The zero-order chi connectivity index (χ0) is 15.8. The van der Waals surface area contributed by atoms with E-state index in [1.807, 2.05) is 43.3 Å². The Kier molecular flexibility index (Phi) is 3.35. The van der Waals surface area contributed by atoms with Crippen LogP contribution in [0.25, 0.3) is 5.52 Å². The lowest BCUT2D eigenvalue weighted by atomic mass is 9.99. The summed E-state index contributed by atoms with van der Waals surface area (Å²) in [5, 5.41) is 10.8. The summed E-state index contributed by atoms with van der Waals surface area (Å²) in [4.78, 5) is 12.6. The maximum atomic E-state index is 12.6. The molecular formula is C18H18N4O. The number of carbonyl (C=O) groups excluding carboxylic acids is 1. The molecule has 0 fully saturated rings. The Hall–Kier alpha value is -2.66. The molecule has 1 aromatic carbocycles. The molecule has 23 heavy (non-hydrogen) atoms. The molecule has 3 aromatic rings. The number of carbonyl (C=O) groups is 1. The van der Waals surface area contributed by atoms with Crippen LogP contribution >= 0.6 is 0 Å². The van der Waals surface area contributed by atoms with Gasteiger partial charge in [-0.1, -0.05) is 18.2 Å². The Balaban J connectivity index is 1.66. The molecule has 5 nitrogen and oxygen atoms in total. The van der Waals surface area contributed by atoms with E-state index in [0.717, 1.165) is 36.4 Å². The van der Waals surface area contributed by atoms with Crippen LogP contribution in [0.2, 0.25) is 0 Å². The summed E-state index contributed by atoms with van der Waals surface area (Å²) in [5.41, 5.74) is 5.70. The van der Waals surface area contributed by atoms with Gasteiger partial charge in [0.25, 0.3) is 5.91 Å². The van der Waals surface area contributed by atoms with E-state index < -0.39 is 0 Å². The second-order valence-electron chi connectivity index (χ2n) is 5.86. The van der Waals surface area contributed by atoms with Gasteiger partial charge in [0.1, 0.15) is 0 Å². The smallest absolute Gasteiger partial charge is 0.276 e. The van der Waals surface area contributed by atoms with Crippen molar-refractivity contribution in [1.82, 2.24) is 14.9 Å². The van der Waals surface area contributed by atoms with Crippen LogP contribution in [0.15, 0.2) is 42.5 Å². The molecule has 0 aliphatic carbocycles. The van der Waals surface area contributed by atoms with Gasteiger partial charge >= 0.3 is 0 Å². The van der Waals surface area contributed by atoms with Crippen LogP contribution < -0.4 is 10.6 Å². The summed E-state index contributed by atoms with van der Waals surface area (Å²) in [6.07, 6.45) is 0.993. The van der Waals surface area contributed by atoms with E-state index in [4.69, 9.17) is 0 Å². The third-order valence-electron chi connectivity index (χ3n) is 4.30. The number of nitrogens with one attached hydrogen (secondary N) is 2. The van der Waals surface area contributed by atoms with Crippen LogP contribution in [-0.2, 0) is 13.0 Å². The summed E-state index contributed by atoms with van der Waals surface area (Å²) in [7, 11) is 0. The SMILES string of the molecule is Cc1cccc2cc(C(=O)Nc3cccc4c3CNCC4)nn12. The number of amides is 1. The molecule has 1 aliphatic rings. The lowest BCUT2D eigenvalue weighted by Gasteiger charge is -2.20. The summed E-state index contributed by atoms with van der Waals surface area (Å²) in [5.74, 6) is -0.174. The van der Waals surface area contributed by atoms with Gasteiger partial charge in [-0.2, -0.15) is 5.10 Å². The van der Waals surface area contributed by atoms with Gasteiger partial charge in [-0.3, -0.25) is 4.79 Å². The minimum absolute atomic E-state index is 0.174. The van der Waals surface area contributed by atoms with Gasteiger partial charge in [-0.15, -0.1) is 0 Å². The zero-order valence-corrected chi connectivity index (χ0v) is 13.0. The second-order valence-corrected chi connectivity index (χ2v) is 5.86. The quantitative estimate of drug-likeness (QED) is 0.765. The first-order chi connectivity index (χ1) is 11.2. The monoisotopic (exact) mass is 306 g/mol. The predicted octanol–water partition coefficient (Wildman–Crippen LogP) is 2.54. The van der Waals surface area contributed by atoms with Crippen LogP contribution in [0.1, 0.15) is 27.3 Å². The lowest BCUT2D eigenvalue weighted by Crippen LogP contribution is -2.25. The largest absolute Gasteiger partial charge is 0.320 e. The Morgan fingerprint density at radius 2 is 2.13 bits per heavy atom. The van der Waals surface area contributed by atoms with Crippen molar-refractivity contribution in [3.63, 3.8) is 0 Å². The molecule has 1 amide bonds. The highest BCUT2D eigenvalue weighted by Gasteiger charge is 2.16. The average Bonchev–Trinajstić information content (AvgIpc) is 3.01. The fraction of sp³-hybridized carbons (Fsp3) is 0.222.